The molecule has 0 aliphatic carbocycles. The molecule has 18 heavy (non-hydrogen) atoms. The van der Waals surface area contributed by atoms with Crippen molar-refractivity contribution < 1.29 is 19.4 Å². The first-order valence-electron chi connectivity index (χ1n) is 5.73. The molecule has 0 bridgehead atoms. The van der Waals surface area contributed by atoms with Gasteiger partial charge in [0, 0.05) is 0 Å². The molecule has 4 nitrogen and oxygen atoms in total. The Labute approximate surface area is 107 Å². The molecule has 0 spiro atoms. The Hall–Kier alpha value is -1.81. The second-order valence-corrected chi connectivity index (χ2v) is 4.06. The second kappa shape index (κ2) is 7.50. The van der Waals surface area contributed by atoms with Crippen molar-refractivity contribution in [2.24, 2.45) is 0 Å². The topological polar surface area (TPSA) is 55.8 Å². The lowest BCUT2D eigenvalue weighted by molar-refractivity contribution is -0.144. The van der Waals surface area contributed by atoms with Crippen molar-refractivity contribution in [1.82, 2.24) is 0 Å². The smallest absolute Gasteiger partial charge is 0.344 e. The Kier molecular flexibility index (Phi) is 5.94. The predicted molar refractivity (Wildman–Crippen MR) is 68.2 cm³/mol. The zero-order valence-corrected chi connectivity index (χ0v) is 10.7. The largest absolute Gasteiger partial charge is 0.482 e. The van der Waals surface area contributed by atoms with Crippen LogP contribution >= 0.6 is 0 Å². The van der Waals surface area contributed by atoms with Crippen molar-refractivity contribution in [2.75, 3.05) is 13.2 Å². The molecular weight excluding hydrogens is 232 g/mol. The summed E-state index contributed by atoms with van der Waals surface area (Å²) >= 11 is 0. The van der Waals surface area contributed by atoms with Crippen molar-refractivity contribution in [3.8, 4) is 5.75 Å². The maximum Gasteiger partial charge on any atom is 0.344 e. The number of allylic oxidation sites excluding steroid dienone is 1. The first-order chi connectivity index (χ1) is 8.61. The number of benzene rings is 1. The summed E-state index contributed by atoms with van der Waals surface area (Å²) in [5.41, 5.74) is 1.90. The average molecular weight is 250 g/mol. The van der Waals surface area contributed by atoms with Gasteiger partial charge in [0.25, 0.3) is 0 Å². The summed E-state index contributed by atoms with van der Waals surface area (Å²) in [6.45, 7) is 4.02. The van der Waals surface area contributed by atoms with Crippen LogP contribution in [0.2, 0.25) is 0 Å². The van der Waals surface area contributed by atoms with Gasteiger partial charge in [-0.1, -0.05) is 17.7 Å². The van der Waals surface area contributed by atoms with Crippen LogP contribution in [-0.4, -0.2) is 24.3 Å². The van der Waals surface area contributed by atoms with E-state index in [0.29, 0.717) is 5.75 Å². The van der Waals surface area contributed by atoms with Gasteiger partial charge in [-0.3, -0.25) is 0 Å². The molecule has 0 amide bonds. The fourth-order valence-corrected chi connectivity index (χ4v) is 1.18. The minimum absolute atomic E-state index is 0.00890. The number of carbonyl (C=O) groups excluding carboxylic acids is 1. The third kappa shape index (κ3) is 5.50. The number of carbonyl (C=O) groups is 1. The zero-order chi connectivity index (χ0) is 13.4. The molecule has 1 aromatic carbocycles. The van der Waals surface area contributed by atoms with Gasteiger partial charge < -0.3 is 14.6 Å². The number of hydrogen-bond donors (Lipinski definition) is 1. The highest BCUT2D eigenvalue weighted by Crippen LogP contribution is 2.11. The van der Waals surface area contributed by atoms with E-state index in [-0.39, 0.29) is 19.8 Å². The average Bonchev–Trinajstić information content (AvgIpc) is 2.36. The van der Waals surface area contributed by atoms with Crippen LogP contribution in [0.25, 0.3) is 0 Å². The van der Waals surface area contributed by atoms with Crippen LogP contribution in [0, 0.1) is 0 Å². The van der Waals surface area contributed by atoms with Gasteiger partial charge >= 0.3 is 5.97 Å². The van der Waals surface area contributed by atoms with Gasteiger partial charge in [0.15, 0.2) is 6.61 Å². The Morgan fingerprint density at radius 1 is 1.28 bits per heavy atom. The molecular formula is C14H18O4. The normalized spacial score (nSPS) is 9.72. The van der Waals surface area contributed by atoms with Gasteiger partial charge in [0.2, 0.25) is 0 Å². The van der Waals surface area contributed by atoms with Gasteiger partial charge in [0.1, 0.15) is 12.4 Å². The summed E-state index contributed by atoms with van der Waals surface area (Å²) in [5.74, 6) is 0.171. The summed E-state index contributed by atoms with van der Waals surface area (Å²) in [6.07, 6.45) is 1.83. The first-order valence-corrected chi connectivity index (χ1v) is 5.73. The number of esters is 1. The SMILES string of the molecule is CC(C)=CCOC(=O)COc1ccc(CO)cc1. The van der Waals surface area contributed by atoms with Gasteiger partial charge in [0.05, 0.1) is 6.61 Å². The van der Waals surface area contributed by atoms with E-state index in [9.17, 15) is 4.79 Å². The standard InChI is InChI=1S/C14H18O4/c1-11(2)7-8-17-14(16)10-18-13-5-3-12(9-15)4-6-13/h3-7,15H,8-10H2,1-2H3. The van der Waals surface area contributed by atoms with Crippen LogP contribution in [-0.2, 0) is 16.1 Å². The number of aliphatic hydroxyl groups is 1. The molecule has 0 aromatic heterocycles. The number of aliphatic hydroxyl groups excluding tert-OH is 1. The Balaban J connectivity index is 2.31. The Morgan fingerprint density at radius 3 is 2.50 bits per heavy atom. The molecule has 0 radical (unpaired) electrons. The minimum atomic E-state index is -0.404. The number of ether oxygens (including phenoxy) is 2. The molecule has 0 heterocycles. The van der Waals surface area contributed by atoms with Crippen LogP contribution in [0.3, 0.4) is 0 Å². The van der Waals surface area contributed by atoms with E-state index < -0.39 is 5.97 Å². The molecule has 1 aromatic rings. The van der Waals surface area contributed by atoms with Crippen LogP contribution in [0.15, 0.2) is 35.9 Å². The molecule has 1 N–H and O–H groups in total. The van der Waals surface area contributed by atoms with Crippen molar-refractivity contribution in [1.29, 1.82) is 0 Å². The first kappa shape index (κ1) is 14.3. The van der Waals surface area contributed by atoms with E-state index in [1.807, 2.05) is 19.9 Å². The van der Waals surface area contributed by atoms with Gasteiger partial charge in [-0.05, 0) is 37.6 Å². The van der Waals surface area contributed by atoms with Crippen molar-refractivity contribution in [2.45, 2.75) is 20.5 Å². The Morgan fingerprint density at radius 2 is 1.94 bits per heavy atom. The molecule has 0 aliphatic heterocycles. The molecule has 0 saturated heterocycles. The van der Waals surface area contributed by atoms with Crippen LogP contribution < -0.4 is 4.74 Å². The molecule has 0 saturated carbocycles. The van der Waals surface area contributed by atoms with Crippen LogP contribution in [0.1, 0.15) is 19.4 Å². The van der Waals surface area contributed by atoms with E-state index in [0.717, 1.165) is 11.1 Å². The summed E-state index contributed by atoms with van der Waals surface area (Å²) in [6, 6.07) is 6.89. The fourth-order valence-electron chi connectivity index (χ4n) is 1.18. The quantitative estimate of drug-likeness (QED) is 0.620. The molecule has 98 valence electrons. The lowest BCUT2D eigenvalue weighted by atomic mass is 10.2. The summed E-state index contributed by atoms with van der Waals surface area (Å²) in [4.78, 5) is 11.3. The molecule has 4 heteroatoms. The van der Waals surface area contributed by atoms with Crippen LogP contribution in [0.4, 0.5) is 0 Å². The third-order valence-electron chi connectivity index (χ3n) is 2.20. The molecule has 0 aliphatic rings. The van der Waals surface area contributed by atoms with E-state index in [1.54, 1.807) is 24.3 Å². The highest BCUT2D eigenvalue weighted by atomic mass is 16.6. The highest BCUT2D eigenvalue weighted by Gasteiger charge is 2.03. The summed E-state index contributed by atoms with van der Waals surface area (Å²) in [5, 5.41) is 8.87. The number of rotatable bonds is 6. The lowest BCUT2D eigenvalue weighted by Gasteiger charge is -2.06. The molecule has 0 unspecified atom stereocenters. The molecule has 1 rings (SSSR count). The van der Waals surface area contributed by atoms with E-state index in [1.165, 1.54) is 0 Å². The monoisotopic (exact) mass is 250 g/mol. The molecule has 0 atom stereocenters. The van der Waals surface area contributed by atoms with E-state index >= 15 is 0 Å². The van der Waals surface area contributed by atoms with E-state index in [2.05, 4.69) is 0 Å². The molecule has 0 fully saturated rings. The zero-order valence-electron chi connectivity index (χ0n) is 10.7. The summed E-state index contributed by atoms with van der Waals surface area (Å²) in [7, 11) is 0. The van der Waals surface area contributed by atoms with Gasteiger partial charge in [-0.2, -0.15) is 0 Å². The maximum atomic E-state index is 11.3. The highest BCUT2D eigenvalue weighted by molar-refractivity contribution is 5.71. The predicted octanol–water partition coefficient (Wildman–Crippen LogP) is 2.07. The van der Waals surface area contributed by atoms with Crippen molar-refractivity contribution in [3.05, 3.63) is 41.5 Å². The second-order valence-electron chi connectivity index (χ2n) is 4.06. The van der Waals surface area contributed by atoms with Crippen LogP contribution in [0.5, 0.6) is 5.75 Å². The minimum Gasteiger partial charge on any atom is -0.482 e. The van der Waals surface area contributed by atoms with E-state index in [4.69, 9.17) is 14.6 Å². The van der Waals surface area contributed by atoms with Gasteiger partial charge in [-0.15, -0.1) is 0 Å². The third-order valence-corrected chi connectivity index (χ3v) is 2.20. The fraction of sp³-hybridized carbons (Fsp3) is 0.357. The number of hydrogen-bond acceptors (Lipinski definition) is 4. The Bertz CT molecular complexity index is 402. The van der Waals surface area contributed by atoms with Gasteiger partial charge in [-0.25, -0.2) is 4.79 Å². The lowest BCUT2D eigenvalue weighted by Crippen LogP contribution is -2.14. The van der Waals surface area contributed by atoms with Crippen molar-refractivity contribution >= 4 is 5.97 Å². The van der Waals surface area contributed by atoms with Crippen molar-refractivity contribution in [3.63, 3.8) is 0 Å². The summed E-state index contributed by atoms with van der Waals surface area (Å²) < 4.78 is 10.2. The maximum absolute atomic E-state index is 11.3.